The summed E-state index contributed by atoms with van der Waals surface area (Å²) in [7, 11) is 0. The molecule has 0 aromatic heterocycles. The largest absolute Gasteiger partial charge is 0.432 e. The number of rotatable bonds is 3. The van der Waals surface area contributed by atoms with Crippen LogP contribution in [0.1, 0.15) is 5.56 Å². The van der Waals surface area contributed by atoms with Crippen LogP contribution in [0.3, 0.4) is 0 Å². The second kappa shape index (κ2) is 5.25. The maximum absolute atomic E-state index is 10.9. The molecule has 0 saturated heterocycles. The fourth-order valence-electron chi connectivity index (χ4n) is 0.860. The zero-order chi connectivity index (χ0) is 10.4. The molecule has 0 saturated carbocycles. The van der Waals surface area contributed by atoms with E-state index in [4.69, 9.17) is 11.6 Å². The Balaban J connectivity index is 2.64. The quantitative estimate of drug-likeness (QED) is 0.434. The Morgan fingerprint density at radius 2 is 2.00 bits per heavy atom. The normalized spacial score (nSPS) is 10.1. The number of hydrogen-bond donors (Lipinski definition) is 0. The van der Waals surface area contributed by atoms with Crippen LogP contribution in [0.25, 0.3) is 6.08 Å². The van der Waals surface area contributed by atoms with Crippen molar-refractivity contribution in [1.82, 2.24) is 0 Å². The highest BCUT2D eigenvalue weighted by Gasteiger charge is 1.92. The van der Waals surface area contributed by atoms with Crippen molar-refractivity contribution in [3.05, 3.63) is 53.8 Å². The van der Waals surface area contributed by atoms with Crippen LogP contribution < -0.4 is 0 Å². The highest BCUT2D eigenvalue weighted by molar-refractivity contribution is 6.30. The Morgan fingerprint density at radius 3 is 2.57 bits per heavy atom. The van der Waals surface area contributed by atoms with E-state index < -0.39 is 5.97 Å². The molecule has 14 heavy (non-hydrogen) atoms. The van der Waals surface area contributed by atoms with Gasteiger partial charge in [0.05, 0.1) is 6.26 Å². The molecule has 0 N–H and O–H groups in total. The van der Waals surface area contributed by atoms with Crippen molar-refractivity contribution in [2.75, 3.05) is 0 Å². The highest BCUT2D eigenvalue weighted by Crippen LogP contribution is 2.10. The van der Waals surface area contributed by atoms with Crippen molar-refractivity contribution < 1.29 is 9.53 Å². The lowest BCUT2D eigenvalue weighted by Gasteiger charge is -1.93. The number of esters is 1. The van der Waals surface area contributed by atoms with Gasteiger partial charge in [0.2, 0.25) is 0 Å². The van der Waals surface area contributed by atoms with Gasteiger partial charge in [-0.2, -0.15) is 0 Å². The van der Waals surface area contributed by atoms with Gasteiger partial charge >= 0.3 is 5.97 Å². The standard InChI is InChI=1S/C11H9ClO2/c1-2-14-11(13)8-5-9-3-6-10(12)7-4-9/h2-8H,1H2/b8-5+. The molecule has 1 aromatic carbocycles. The summed E-state index contributed by atoms with van der Waals surface area (Å²) in [5.41, 5.74) is 0.885. The third-order valence-electron chi connectivity index (χ3n) is 1.48. The predicted molar refractivity (Wildman–Crippen MR) is 56.8 cm³/mol. The Morgan fingerprint density at radius 1 is 1.36 bits per heavy atom. The summed E-state index contributed by atoms with van der Waals surface area (Å²) in [5, 5.41) is 0.663. The SMILES string of the molecule is C=COC(=O)/C=C/c1ccc(Cl)cc1. The average molecular weight is 209 g/mol. The Bertz CT molecular complexity index is 352. The smallest absolute Gasteiger partial charge is 0.335 e. The molecule has 0 radical (unpaired) electrons. The average Bonchev–Trinajstić information content (AvgIpc) is 2.17. The summed E-state index contributed by atoms with van der Waals surface area (Å²) >= 11 is 5.70. The van der Waals surface area contributed by atoms with Gasteiger partial charge in [-0.05, 0) is 23.8 Å². The maximum Gasteiger partial charge on any atom is 0.335 e. The lowest BCUT2D eigenvalue weighted by Crippen LogP contribution is -1.92. The Hall–Kier alpha value is -1.54. The summed E-state index contributed by atoms with van der Waals surface area (Å²) in [4.78, 5) is 10.9. The molecule has 0 spiro atoms. The van der Waals surface area contributed by atoms with Crippen LogP contribution in [0.5, 0.6) is 0 Å². The van der Waals surface area contributed by atoms with Crippen LogP contribution in [0, 0.1) is 0 Å². The first-order valence-electron chi connectivity index (χ1n) is 3.97. The van der Waals surface area contributed by atoms with Crippen molar-refractivity contribution in [2.24, 2.45) is 0 Å². The molecule has 0 aliphatic carbocycles. The number of ether oxygens (including phenoxy) is 1. The molecule has 1 aromatic rings. The molecule has 0 bridgehead atoms. The monoisotopic (exact) mass is 208 g/mol. The third kappa shape index (κ3) is 3.46. The first kappa shape index (κ1) is 10.5. The topological polar surface area (TPSA) is 26.3 Å². The van der Waals surface area contributed by atoms with E-state index in [1.165, 1.54) is 6.08 Å². The molecule has 72 valence electrons. The van der Waals surface area contributed by atoms with Gasteiger partial charge < -0.3 is 4.74 Å². The fourth-order valence-corrected chi connectivity index (χ4v) is 0.986. The van der Waals surface area contributed by atoms with Crippen LogP contribution in [-0.4, -0.2) is 5.97 Å². The number of carbonyl (C=O) groups is 1. The van der Waals surface area contributed by atoms with Crippen LogP contribution in [0.4, 0.5) is 0 Å². The van der Waals surface area contributed by atoms with E-state index in [9.17, 15) is 4.79 Å². The number of hydrogen-bond acceptors (Lipinski definition) is 2. The minimum absolute atomic E-state index is 0.449. The molecule has 0 aliphatic rings. The Kier molecular flexibility index (Phi) is 3.95. The van der Waals surface area contributed by atoms with Crippen molar-refractivity contribution in [3.8, 4) is 0 Å². The van der Waals surface area contributed by atoms with Gasteiger partial charge in [0.1, 0.15) is 0 Å². The molecular weight excluding hydrogens is 200 g/mol. The first-order valence-corrected chi connectivity index (χ1v) is 4.35. The molecule has 2 nitrogen and oxygen atoms in total. The minimum Gasteiger partial charge on any atom is -0.432 e. The third-order valence-corrected chi connectivity index (χ3v) is 1.73. The second-order valence-corrected chi connectivity index (χ2v) is 2.92. The van der Waals surface area contributed by atoms with Crippen LogP contribution in [0.2, 0.25) is 5.02 Å². The highest BCUT2D eigenvalue weighted by atomic mass is 35.5. The molecule has 0 fully saturated rings. The zero-order valence-electron chi connectivity index (χ0n) is 7.44. The molecule has 0 heterocycles. The lowest BCUT2D eigenvalue weighted by atomic mass is 10.2. The van der Waals surface area contributed by atoms with Crippen molar-refractivity contribution in [3.63, 3.8) is 0 Å². The molecule has 3 heteroatoms. The van der Waals surface area contributed by atoms with E-state index in [0.29, 0.717) is 5.02 Å². The maximum atomic E-state index is 10.9. The molecule has 0 amide bonds. The summed E-state index contributed by atoms with van der Waals surface area (Å²) in [5.74, 6) is -0.449. The van der Waals surface area contributed by atoms with Gasteiger partial charge in [0, 0.05) is 11.1 Å². The summed E-state index contributed by atoms with van der Waals surface area (Å²) < 4.78 is 4.50. The fraction of sp³-hybridized carbons (Fsp3) is 0. The lowest BCUT2D eigenvalue weighted by molar-refractivity contribution is -0.132. The first-order chi connectivity index (χ1) is 6.72. The zero-order valence-corrected chi connectivity index (χ0v) is 8.20. The summed E-state index contributed by atoms with van der Waals surface area (Å²) in [6.07, 6.45) is 4.06. The number of benzene rings is 1. The van der Waals surface area contributed by atoms with E-state index in [2.05, 4.69) is 11.3 Å². The van der Waals surface area contributed by atoms with E-state index in [0.717, 1.165) is 11.8 Å². The van der Waals surface area contributed by atoms with E-state index in [1.807, 2.05) is 0 Å². The summed E-state index contributed by atoms with van der Waals surface area (Å²) in [6, 6.07) is 7.11. The summed E-state index contributed by atoms with van der Waals surface area (Å²) in [6.45, 7) is 3.27. The van der Waals surface area contributed by atoms with Crippen molar-refractivity contribution >= 4 is 23.6 Å². The van der Waals surface area contributed by atoms with E-state index >= 15 is 0 Å². The van der Waals surface area contributed by atoms with Gasteiger partial charge in [0.25, 0.3) is 0 Å². The van der Waals surface area contributed by atoms with Gasteiger partial charge in [-0.1, -0.05) is 30.3 Å². The molecule has 1 rings (SSSR count). The van der Waals surface area contributed by atoms with Gasteiger partial charge in [-0.25, -0.2) is 4.79 Å². The van der Waals surface area contributed by atoms with E-state index in [-0.39, 0.29) is 0 Å². The Labute approximate surface area is 87.5 Å². The van der Waals surface area contributed by atoms with Crippen LogP contribution in [0.15, 0.2) is 43.2 Å². The predicted octanol–water partition coefficient (Wildman–Crippen LogP) is 3.04. The molecule has 0 unspecified atom stereocenters. The van der Waals surface area contributed by atoms with Crippen molar-refractivity contribution in [1.29, 1.82) is 0 Å². The molecule has 0 atom stereocenters. The minimum atomic E-state index is -0.449. The number of carbonyl (C=O) groups excluding carboxylic acids is 1. The van der Waals surface area contributed by atoms with Gasteiger partial charge in [-0.15, -0.1) is 0 Å². The van der Waals surface area contributed by atoms with Crippen LogP contribution in [-0.2, 0) is 9.53 Å². The second-order valence-electron chi connectivity index (χ2n) is 2.49. The van der Waals surface area contributed by atoms with Gasteiger partial charge in [0.15, 0.2) is 0 Å². The van der Waals surface area contributed by atoms with Gasteiger partial charge in [-0.3, -0.25) is 0 Å². The van der Waals surface area contributed by atoms with Crippen LogP contribution >= 0.6 is 11.6 Å². The molecule has 0 aliphatic heterocycles. The van der Waals surface area contributed by atoms with Crippen molar-refractivity contribution in [2.45, 2.75) is 0 Å². The number of halogens is 1. The van der Waals surface area contributed by atoms with E-state index in [1.54, 1.807) is 30.3 Å². The molecular formula is C11H9ClO2.